The van der Waals surface area contributed by atoms with Crippen molar-refractivity contribution in [2.24, 2.45) is 0 Å². The van der Waals surface area contributed by atoms with Crippen LogP contribution < -0.4 is 4.74 Å². The average molecular weight is 354 g/mol. The summed E-state index contributed by atoms with van der Waals surface area (Å²) in [7, 11) is 0. The third-order valence-electron chi connectivity index (χ3n) is 5.43. The maximum atomic E-state index is 12.5. The summed E-state index contributed by atoms with van der Waals surface area (Å²) in [5.74, 6) is 1.12. The zero-order chi connectivity index (χ0) is 17.9. The van der Waals surface area contributed by atoms with E-state index in [2.05, 4.69) is 22.0 Å². The van der Waals surface area contributed by atoms with Crippen molar-refractivity contribution >= 4 is 5.91 Å². The minimum Gasteiger partial charge on any atom is -0.488 e. The number of nitrogens with zero attached hydrogens (tertiary/aromatic N) is 3. The molecule has 4 rings (SSSR count). The van der Waals surface area contributed by atoms with E-state index in [4.69, 9.17) is 4.74 Å². The number of hydrogen-bond acceptors (Lipinski definition) is 4. The fourth-order valence-corrected chi connectivity index (χ4v) is 4.00. The first-order chi connectivity index (χ1) is 12.7. The number of H-pyrrole nitrogens is 1. The Morgan fingerprint density at radius 3 is 2.92 bits per heavy atom. The highest BCUT2D eigenvalue weighted by molar-refractivity contribution is 5.79. The van der Waals surface area contributed by atoms with Crippen LogP contribution in [0.5, 0.6) is 5.75 Å². The number of carbonyl (C=O) groups is 1. The Balaban J connectivity index is 1.36. The van der Waals surface area contributed by atoms with Crippen LogP contribution in [0.2, 0.25) is 0 Å². The molecular weight excluding hydrogens is 328 g/mol. The molecule has 6 nitrogen and oxygen atoms in total. The predicted octanol–water partition coefficient (Wildman–Crippen LogP) is 2.54. The molecule has 0 spiro atoms. The average Bonchev–Trinajstić information content (AvgIpc) is 3.38. The van der Waals surface area contributed by atoms with E-state index in [0.717, 1.165) is 55.9 Å². The van der Waals surface area contributed by atoms with Crippen molar-refractivity contribution in [2.75, 3.05) is 26.2 Å². The number of aromatic nitrogens is 2. The Bertz CT molecular complexity index is 746. The maximum absolute atomic E-state index is 12.5. The Hall–Kier alpha value is -2.34. The third-order valence-corrected chi connectivity index (χ3v) is 5.43. The molecule has 0 unspecified atom stereocenters. The van der Waals surface area contributed by atoms with E-state index in [1.54, 1.807) is 6.20 Å². The summed E-state index contributed by atoms with van der Waals surface area (Å²) in [6, 6.07) is 10.3. The zero-order valence-electron chi connectivity index (χ0n) is 15.2. The molecule has 1 aromatic carbocycles. The second-order valence-corrected chi connectivity index (χ2v) is 7.31. The monoisotopic (exact) mass is 354 g/mol. The summed E-state index contributed by atoms with van der Waals surface area (Å²) in [6.45, 7) is 5.26. The normalized spacial score (nSPS) is 23.5. The van der Waals surface area contributed by atoms with E-state index in [0.29, 0.717) is 12.6 Å². The Kier molecular flexibility index (Phi) is 4.93. The van der Waals surface area contributed by atoms with Crippen LogP contribution in [-0.2, 0) is 4.79 Å². The lowest BCUT2D eigenvalue weighted by molar-refractivity contribution is -0.132. The number of amides is 1. The standard InChI is InChI=1S/C20H26N4O2/c1-15-5-4-11-24(15)20(25)14-23-12-9-16(13-23)26-19-7-3-2-6-17(19)18-8-10-21-22-18/h2-3,6-8,10,15-16H,4-5,9,11-14H2,1H3,(H,21,22)/t15-,16+/m1/s1. The smallest absolute Gasteiger partial charge is 0.236 e. The minimum atomic E-state index is 0.114. The van der Waals surface area contributed by atoms with E-state index in [9.17, 15) is 4.79 Å². The van der Waals surface area contributed by atoms with Crippen LogP contribution in [-0.4, -0.2) is 64.2 Å². The van der Waals surface area contributed by atoms with Crippen LogP contribution in [0.4, 0.5) is 0 Å². The van der Waals surface area contributed by atoms with E-state index >= 15 is 0 Å². The SMILES string of the molecule is C[C@@H]1CCCN1C(=O)CN1CC[C@H](Oc2ccccc2-c2ccn[nH]2)C1. The molecule has 3 heterocycles. The van der Waals surface area contributed by atoms with Gasteiger partial charge in [-0.05, 0) is 44.4 Å². The molecule has 2 saturated heterocycles. The van der Waals surface area contributed by atoms with Crippen LogP contribution in [0.3, 0.4) is 0 Å². The number of benzene rings is 1. The lowest BCUT2D eigenvalue weighted by Gasteiger charge is -2.24. The number of carbonyl (C=O) groups excluding carboxylic acids is 1. The van der Waals surface area contributed by atoms with E-state index in [1.807, 2.05) is 35.2 Å². The first kappa shape index (κ1) is 17.1. The largest absolute Gasteiger partial charge is 0.488 e. The first-order valence-corrected chi connectivity index (χ1v) is 9.48. The molecule has 0 saturated carbocycles. The molecule has 1 N–H and O–H groups in total. The molecule has 2 fully saturated rings. The van der Waals surface area contributed by atoms with Gasteiger partial charge in [-0.25, -0.2) is 0 Å². The van der Waals surface area contributed by atoms with Crippen molar-refractivity contribution in [3.05, 3.63) is 36.5 Å². The fourth-order valence-electron chi connectivity index (χ4n) is 4.00. The van der Waals surface area contributed by atoms with Gasteiger partial charge in [0.1, 0.15) is 11.9 Å². The number of nitrogens with one attached hydrogen (secondary N) is 1. The van der Waals surface area contributed by atoms with Crippen molar-refractivity contribution in [1.82, 2.24) is 20.0 Å². The summed E-state index contributed by atoms with van der Waals surface area (Å²) >= 11 is 0. The molecule has 0 aliphatic carbocycles. The van der Waals surface area contributed by atoms with Crippen molar-refractivity contribution in [3.8, 4) is 17.0 Å². The summed E-state index contributed by atoms with van der Waals surface area (Å²) < 4.78 is 6.27. The molecule has 2 aliphatic rings. The Morgan fingerprint density at radius 2 is 2.15 bits per heavy atom. The molecule has 2 aliphatic heterocycles. The number of ether oxygens (including phenoxy) is 1. The second-order valence-electron chi connectivity index (χ2n) is 7.31. The highest BCUT2D eigenvalue weighted by Crippen LogP contribution is 2.30. The molecule has 26 heavy (non-hydrogen) atoms. The van der Waals surface area contributed by atoms with Gasteiger partial charge in [0.05, 0.1) is 12.2 Å². The van der Waals surface area contributed by atoms with Crippen molar-refractivity contribution in [3.63, 3.8) is 0 Å². The lowest BCUT2D eigenvalue weighted by Crippen LogP contribution is -2.41. The summed E-state index contributed by atoms with van der Waals surface area (Å²) in [6.07, 6.45) is 5.06. The van der Waals surface area contributed by atoms with Gasteiger partial charge in [-0.15, -0.1) is 0 Å². The molecule has 2 aromatic rings. The molecule has 1 amide bonds. The van der Waals surface area contributed by atoms with Gasteiger partial charge in [-0.3, -0.25) is 14.8 Å². The molecule has 0 radical (unpaired) electrons. The van der Waals surface area contributed by atoms with Gasteiger partial charge in [0, 0.05) is 37.4 Å². The summed E-state index contributed by atoms with van der Waals surface area (Å²) in [5.41, 5.74) is 1.97. The second kappa shape index (κ2) is 7.50. The van der Waals surface area contributed by atoms with E-state index in [1.165, 1.54) is 0 Å². The number of para-hydroxylation sites is 1. The van der Waals surface area contributed by atoms with Gasteiger partial charge < -0.3 is 9.64 Å². The third kappa shape index (κ3) is 3.60. The van der Waals surface area contributed by atoms with Gasteiger partial charge in [-0.2, -0.15) is 5.10 Å². The highest BCUT2D eigenvalue weighted by Gasteiger charge is 2.30. The van der Waals surface area contributed by atoms with Crippen molar-refractivity contribution < 1.29 is 9.53 Å². The lowest BCUT2D eigenvalue weighted by atomic mass is 10.1. The fraction of sp³-hybridized carbons (Fsp3) is 0.500. The number of hydrogen-bond donors (Lipinski definition) is 1. The van der Waals surface area contributed by atoms with Crippen molar-refractivity contribution in [2.45, 2.75) is 38.3 Å². The van der Waals surface area contributed by atoms with E-state index in [-0.39, 0.29) is 12.0 Å². The Labute approximate surface area is 154 Å². The maximum Gasteiger partial charge on any atom is 0.236 e. The number of likely N-dealkylation sites (tertiary alicyclic amines) is 2. The topological polar surface area (TPSA) is 61.5 Å². The van der Waals surface area contributed by atoms with Crippen molar-refractivity contribution in [1.29, 1.82) is 0 Å². The minimum absolute atomic E-state index is 0.114. The molecule has 6 heteroatoms. The van der Waals surface area contributed by atoms with Crippen LogP contribution >= 0.6 is 0 Å². The van der Waals surface area contributed by atoms with Gasteiger partial charge in [0.2, 0.25) is 5.91 Å². The van der Waals surface area contributed by atoms with Gasteiger partial charge in [0.15, 0.2) is 0 Å². The molecule has 0 bridgehead atoms. The summed E-state index contributed by atoms with van der Waals surface area (Å²) in [4.78, 5) is 16.8. The zero-order valence-corrected chi connectivity index (χ0v) is 15.2. The predicted molar refractivity (Wildman–Crippen MR) is 99.9 cm³/mol. The van der Waals surface area contributed by atoms with Crippen LogP contribution in [0.25, 0.3) is 11.3 Å². The van der Waals surface area contributed by atoms with Gasteiger partial charge >= 0.3 is 0 Å². The van der Waals surface area contributed by atoms with Gasteiger partial charge in [-0.1, -0.05) is 12.1 Å². The molecule has 1 aromatic heterocycles. The molecule has 138 valence electrons. The number of rotatable bonds is 5. The number of aromatic amines is 1. The van der Waals surface area contributed by atoms with E-state index < -0.39 is 0 Å². The molecule has 2 atom stereocenters. The Morgan fingerprint density at radius 1 is 1.27 bits per heavy atom. The first-order valence-electron chi connectivity index (χ1n) is 9.48. The van der Waals surface area contributed by atoms with Crippen LogP contribution in [0.15, 0.2) is 36.5 Å². The molecular formula is C20H26N4O2. The quantitative estimate of drug-likeness (QED) is 0.896. The highest BCUT2D eigenvalue weighted by atomic mass is 16.5. The van der Waals surface area contributed by atoms with Crippen LogP contribution in [0, 0.1) is 0 Å². The van der Waals surface area contributed by atoms with Gasteiger partial charge in [0.25, 0.3) is 0 Å². The summed E-state index contributed by atoms with van der Waals surface area (Å²) in [5, 5.41) is 7.03. The van der Waals surface area contributed by atoms with Crippen LogP contribution in [0.1, 0.15) is 26.2 Å².